The van der Waals surface area contributed by atoms with E-state index in [0.29, 0.717) is 23.4 Å². The molecule has 0 bridgehead atoms. The Balaban J connectivity index is 2.32. The molecule has 0 aromatic heterocycles. The topological polar surface area (TPSA) is 75.7 Å². The van der Waals surface area contributed by atoms with Crippen LogP contribution in [0.25, 0.3) is 0 Å². The van der Waals surface area contributed by atoms with Crippen LogP contribution in [0.3, 0.4) is 0 Å². The average molecular weight is 362 g/mol. The molecule has 0 saturated carbocycles. The molecule has 0 aliphatic rings. The van der Waals surface area contributed by atoms with Gasteiger partial charge < -0.3 is 10.1 Å². The van der Waals surface area contributed by atoms with E-state index >= 15 is 0 Å². The largest absolute Gasteiger partial charge is 0.496 e. The Labute approximate surface area is 148 Å². The first-order chi connectivity index (χ1) is 11.9. The lowest BCUT2D eigenvalue weighted by Crippen LogP contribution is -2.27. The fourth-order valence-corrected chi connectivity index (χ4v) is 3.57. The van der Waals surface area contributed by atoms with E-state index in [-0.39, 0.29) is 17.3 Å². The smallest absolute Gasteiger partial charge is 0.251 e. The minimum absolute atomic E-state index is 0.0909. The minimum Gasteiger partial charge on any atom is -0.496 e. The minimum atomic E-state index is -3.63. The third-order valence-corrected chi connectivity index (χ3v) is 5.54. The summed E-state index contributed by atoms with van der Waals surface area (Å²) in [6.07, 6.45) is 0. The van der Waals surface area contributed by atoms with Gasteiger partial charge in [-0.3, -0.25) is 4.79 Å². The van der Waals surface area contributed by atoms with Crippen LogP contribution in [0.15, 0.2) is 53.4 Å². The monoisotopic (exact) mass is 362 g/mol. The lowest BCUT2D eigenvalue weighted by molar-refractivity contribution is 0.0955. The standard InChI is InChI=1S/C18H22N2O4S/c1-4-19-18(21)14-10-11-17(24-3)15(12-14)13-20(2)25(22,23)16-8-6-5-7-9-16/h5-12H,4,13H2,1-3H3,(H,19,21). The summed E-state index contributed by atoms with van der Waals surface area (Å²) in [6, 6.07) is 13.2. The van der Waals surface area contributed by atoms with Crippen molar-refractivity contribution in [1.82, 2.24) is 9.62 Å². The molecule has 0 aliphatic heterocycles. The van der Waals surface area contributed by atoms with E-state index in [1.807, 2.05) is 6.92 Å². The summed E-state index contributed by atoms with van der Waals surface area (Å²) < 4.78 is 31.9. The van der Waals surface area contributed by atoms with Gasteiger partial charge in [0.2, 0.25) is 10.0 Å². The van der Waals surface area contributed by atoms with Crippen molar-refractivity contribution in [2.75, 3.05) is 20.7 Å². The highest BCUT2D eigenvalue weighted by Gasteiger charge is 2.22. The zero-order valence-corrected chi connectivity index (χ0v) is 15.3. The number of hydrogen-bond donors (Lipinski definition) is 1. The van der Waals surface area contributed by atoms with Gasteiger partial charge in [0.1, 0.15) is 5.75 Å². The molecular weight excluding hydrogens is 340 g/mol. The van der Waals surface area contributed by atoms with Gasteiger partial charge in [-0.15, -0.1) is 0 Å². The molecule has 2 rings (SSSR count). The molecule has 25 heavy (non-hydrogen) atoms. The van der Waals surface area contributed by atoms with Gasteiger partial charge in [0.05, 0.1) is 12.0 Å². The third-order valence-electron chi connectivity index (χ3n) is 3.72. The SMILES string of the molecule is CCNC(=O)c1ccc(OC)c(CN(C)S(=O)(=O)c2ccccc2)c1. The number of nitrogens with one attached hydrogen (secondary N) is 1. The molecule has 1 N–H and O–H groups in total. The lowest BCUT2D eigenvalue weighted by atomic mass is 10.1. The van der Waals surface area contributed by atoms with Crippen LogP contribution in [0.5, 0.6) is 5.75 Å². The second-order valence-electron chi connectivity index (χ2n) is 5.46. The maximum Gasteiger partial charge on any atom is 0.251 e. The van der Waals surface area contributed by atoms with Crippen LogP contribution in [0.4, 0.5) is 0 Å². The summed E-state index contributed by atoms with van der Waals surface area (Å²) in [7, 11) is -0.617. The molecule has 0 saturated heterocycles. The Hall–Kier alpha value is -2.38. The molecule has 0 spiro atoms. The van der Waals surface area contributed by atoms with E-state index in [9.17, 15) is 13.2 Å². The van der Waals surface area contributed by atoms with Crippen molar-refractivity contribution >= 4 is 15.9 Å². The molecule has 2 aromatic carbocycles. The van der Waals surface area contributed by atoms with Gasteiger partial charge in [-0.1, -0.05) is 18.2 Å². The Morgan fingerprint density at radius 1 is 1.16 bits per heavy atom. The first-order valence-corrected chi connectivity index (χ1v) is 9.30. The number of carbonyl (C=O) groups is 1. The van der Waals surface area contributed by atoms with Gasteiger partial charge in [0, 0.05) is 31.3 Å². The lowest BCUT2D eigenvalue weighted by Gasteiger charge is -2.19. The van der Waals surface area contributed by atoms with Gasteiger partial charge >= 0.3 is 0 Å². The number of ether oxygens (including phenoxy) is 1. The fraction of sp³-hybridized carbons (Fsp3) is 0.278. The highest BCUT2D eigenvalue weighted by molar-refractivity contribution is 7.89. The molecule has 1 amide bonds. The van der Waals surface area contributed by atoms with Crippen molar-refractivity contribution in [3.63, 3.8) is 0 Å². The molecule has 0 atom stereocenters. The van der Waals surface area contributed by atoms with Crippen LogP contribution in [0.2, 0.25) is 0 Å². The predicted molar refractivity (Wildman–Crippen MR) is 96.1 cm³/mol. The van der Waals surface area contributed by atoms with Crippen LogP contribution in [-0.4, -0.2) is 39.3 Å². The zero-order valence-electron chi connectivity index (χ0n) is 14.5. The fourth-order valence-electron chi connectivity index (χ4n) is 2.40. The molecule has 0 radical (unpaired) electrons. The molecule has 0 unspecified atom stereocenters. The van der Waals surface area contributed by atoms with E-state index in [2.05, 4.69) is 5.32 Å². The quantitative estimate of drug-likeness (QED) is 0.820. The summed E-state index contributed by atoms with van der Waals surface area (Å²) in [5.74, 6) is 0.322. The number of benzene rings is 2. The van der Waals surface area contributed by atoms with E-state index in [1.165, 1.54) is 18.5 Å². The summed E-state index contributed by atoms with van der Waals surface area (Å²) in [5.41, 5.74) is 1.08. The number of sulfonamides is 1. The van der Waals surface area contributed by atoms with Gasteiger partial charge in [0.15, 0.2) is 0 Å². The van der Waals surface area contributed by atoms with Crippen molar-refractivity contribution in [2.24, 2.45) is 0 Å². The molecule has 2 aromatic rings. The first-order valence-electron chi connectivity index (χ1n) is 7.86. The van der Waals surface area contributed by atoms with Crippen molar-refractivity contribution in [3.05, 3.63) is 59.7 Å². The van der Waals surface area contributed by atoms with Crippen molar-refractivity contribution < 1.29 is 17.9 Å². The molecular formula is C18H22N2O4S. The second-order valence-corrected chi connectivity index (χ2v) is 7.51. The number of hydrogen-bond acceptors (Lipinski definition) is 4. The van der Waals surface area contributed by atoms with Gasteiger partial charge in [-0.2, -0.15) is 4.31 Å². The highest BCUT2D eigenvalue weighted by Crippen LogP contribution is 2.24. The van der Waals surface area contributed by atoms with Crippen molar-refractivity contribution in [1.29, 1.82) is 0 Å². The van der Waals surface area contributed by atoms with Crippen LogP contribution in [0, 0.1) is 0 Å². The zero-order chi connectivity index (χ0) is 18.4. The average Bonchev–Trinajstić information content (AvgIpc) is 2.62. The predicted octanol–water partition coefficient (Wildman–Crippen LogP) is 2.27. The van der Waals surface area contributed by atoms with Crippen LogP contribution in [0.1, 0.15) is 22.8 Å². The Morgan fingerprint density at radius 3 is 2.44 bits per heavy atom. The molecule has 134 valence electrons. The van der Waals surface area contributed by atoms with Gasteiger partial charge in [-0.25, -0.2) is 8.42 Å². The second kappa shape index (κ2) is 8.13. The van der Waals surface area contributed by atoms with E-state index < -0.39 is 10.0 Å². The summed E-state index contributed by atoms with van der Waals surface area (Å²) in [6.45, 7) is 2.44. The van der Waals surface area contributed by atoms with Gasteiger partial charge in [0.25, 0.3) is 5.91 Å². The summed E-state index contributed by atoms with van der Waals surface area (Å²) >= 11 is 0. The number of nitrogens with zero attached hydrogens (tertiary/aromatic N) is 1. The Morgan fingerprint density at radius 2 is 1.84 bits per heavy atom. The molecule has 0 heterocycles. The maximum absolute atomic E-state index is 12.7. The Kier molecular flexibility index (Phi) is 6.17. The van der Waals surface area contributed by atoms with Crippen LogP contribution >= 0.6 is 0 Å². The number of rotatable bonds is 7. The summed E-state index contributed by atoms with van der Waals surface area (Å²) in [4.78, 5) is 12.2. The summed E-state index contributed by atoms with van der Waals surface area (Å²) in [5, 5.41) is 2.72. The van der Waals surface area contributed by atoms with E-state index in [0.717, 1.165) is 0 Å². The molecule has 0 aliphatic carbocycles. The van der Waals surface area contributed by atoms with Gasteiger partial charge in [-0.05, 0) is 37.3 Å². The number of methoxy groups -OCH3 is 1. The highest BCUT2D eigenvalue weighted by atomic mass is 32.2. The van der Waals surface area contributed by atoms with Crippen LogP contribution in [-0.2, 0) is 16.6 Å². The van der Waals surface area contributed by atoms with Crippen molar-refractivity contribution in [2.45, 2.75) is 18.4 Å². The molecule has 0 fully saturated rings. The first kappa shape index (κ1) is 19.0. The van der Waals surface area contributed by atoms with E-state index in [1.54, 1.807) is 48.5 Å². The molecule has 6 nitrogen and oxygen atoms in total. The third kappa shape index (κ3) is 4.37. The molecule has 7 heteroatoms. The number of carbonyl (C=O) groups excluding carboxylic acids is 1. The maximum atomic E-state index is 12.7. The number of amides is 1. The van der Waals surface area contributed by atoms with Crippen LogP contribution < -0.4 is 10.1 Å². The van der Waals surface area contributed by atoms with E-state index in [4.69, 9.17) is 4.74 Å². The van der Waals surface area contributed by atoms with Crippen molar-refractivity contribution in [3.8, 4) is 5.75 Å². The normalized spacial score (nSPS) is 11.4. The Bertz CT molecular complexity index is 835.